The summed E-state index contributed by atoms with van der Waals surface area (Å²) in [6, 6.07) is 3.80. The second-order valence-electron chi connectivity index (χ2n) is 9.74. The Bertz CT molecular complexity index is 890. The highest BCUT2D eigenvalue weighted by Gasteiger charge is 2.32. The lowest BCUT2D eigenvalue weighted by atomic mass is 9.78. The predicted octanol–water partition coefficient (Wildman–Crippen LogP) is 7.21. The molecule has 172 valence electrons. The van der Waals surface area contributed by atoms with Gasteiger partial charge < -0.3 is 9.84 Å². The van der Waals surface area contributed by atoms with Crippen LogP contribution in [0.25, 0.3) is 5.57 Å². The Morgan fingerprint density at radius 3 is 2.06 bits per heavy atom. The topological polar surface area (TPSA) is 46.5 Å². The van der Waals surface area contributed by atoms with Gasteiger partial charge in [-0.1, -0.05) is 65.8 Å². The summed E-state index contributed by atoms with van der Waals surface area (Å²) in [6.07, 6.45) is 1.68. The van der Waals surface area contributed by atoms with E-state index in [2.05, 4.69) is 0 Å². The lowest BCUT2D eigenvalue weighted by Crippen LogP contribution is -2.23. The molecule has 0 spiro atoms. The monoisotopic (exact) mass is 438 g/mol. The van der Waals surface area contributed by atoms with Gasteiger partial charge in [0.25, 0.3) is 0 Å². The van der Waals surface area contributed by atoms with Gasteiger partial charge in [0, 0.05) is 17.2 Å². The Morgan fingerprint density at radius 2 is 1.61 bits per heavy atom. The molecule has 1 aromatic rings. The van der Waals surface area contributed by atoms with Gasteiger partial charge in [0.1, 0.15) is 5.75 Å². The van der Waals surface area contributed by atoms with Crippen LogP contribution >= 0.6 is 0 Å². The van der Waals surface area contributed by atoms with Crippen LogP contribution in [0.15, 0.2) is 42.0 Å². The smallest absolute Gasteiger partial charge is 0.422 e. The van der Waals surface area contributed by atoms with Crippen molar-refractivity contribution in [1.82, 2.24) is 0 Å². The number of carbonyl (C=O) groups is 1. The number of ether oxygens (including phenoxy) is 1. The van der Waals surface area contributed by atoms with Gasteiger partial charge >= 0.3 is 12.1 Å². The lowest BCUT2D eigenvalue weighted by molar-refractivity contribution is -0.153. The Hall–Kier alpha value is -2.50. The van der Waals surface area contributed by atoms with Gasteiger partial charge in [0.2, 0.25) is 0 Å². The minimum atomic E-state index is -4.45. The van der Waals surface area contributed by atoms with E-state index in [9.17, 15) is 18.0 Å². The first-order chi connectivity index (χ1) is 13.9. The first-order valence-electron chi connectivity index (χ1n) is 10.1. The summed E-state index contributed by atoms with van der Waals surface area (Å²) in [6.45, 7) is 14.1. The van der Waals surface area contributed by atoms with E-state index >= 15 is 0 Å². The van der Waals surface area contributed by atoms with Gasteiger partial charge in [0.15, 0.2) is 6.61 Å². The van der Waals surface area contributed by atoms with Crippen molar-refractivity contribution in [2.45, 2.75) is 72.4 Å². The lowest BCUT2D eigenvalue weighted by Gasteiger charge is -2.30. The molecule has 0 atom stereocenters. The Labute approximate surface area is 183 Å². The molecule has 0 aliphatic carbocycles. The van der Waals surface area contributed by atoms with Crippen LogP contribution in [0.1, 0.15) is 72.1 Å². The fraction of sp³-hybridized carbons (Fsp3) is 0.480. The van der Waals surface area contributed by atoms with E-state index in [0.717, 1.165) is 11.6 Å². The van der Waals surface area contributed by atoms with Crippen LogP contribution in [-0.4, -0.2) is 23.9 Å². The summed E-state index contributed by atoms with van der Waals surface area (Å²) in [5.41, 5.74) is 2.90. The highest BCUT2D eigenvalue weighted by atomic mass is 19.4. The number of rotatable bonds is 6. The molecular weight excluding hydrogens is 405 g/mol. The van der Waals surface area contributed by atoms with Crippen LogP contribution in [0.4, 0.5) is 13.2 Å². The summed E-state index contributed by atoms with van der Waals surface area (Å²) in [5, 5.41) is 8.81. The summed E-state index contributed by atoms with van der Waals surface area (Å²) >= 11 is 0. The minimum Gasteiger partial charge on any atom is -0.483 e. The molecule has 0 heterocycles. The Kier molecular flexibility index (Phi) is 8.35. The van der Waals surface area contributed by atoms with E-state index in [1.54, 1.807) is 32.1 Å². The van der Waals surface area contributed by atoms with Crippen molar-refractivity contribution in [1.29, 1.82) is 0 Å². The summed E-state index contributed by atoms with van der Waals surface area (Å²) in [7, 11) is 0. The molecule has 0 unspecified atom stereocenters. The molecule has 0 saturated heterocycles. The molecule has 1 N–H and O–H groups in total. The number of hydrogen-bond acceptors (Lipinski definition) is 2. The molecule has 0 radical (unpaired) electrons. The van der Waals surface area contributed by atoms with Gasteiger partial charge in [0.05, 0.1) is 0 Å². The molecule has 0 saturated carbocycles. The molecule has 1 rings (SSSR count). The fourth-order valence-electron chi connectivity index (χ4n) is 2.90. The molecule has 6 heteroatoms. The van der Waals surface area contributed by atoms with Crippen molar-refractivity contribution < 1.29 is 27.8 Å². The van der Waals surface area contributed by atoms with E-state index < -0.39 is 24.2 Å². The van der Waals surface area contributed by atoms with E-state index in [-0.39, 0.29) is 11.2 Å². The maximum absolute atomic E-state index is 13.0. The molecule has 0 aliphatic rings. The molecule has 31 heavy (non-hydrogen) atoms. The number of halogens is 3. The van der Waals surface area contributed by atoms with Gasteiger partial charge in [-0.25, -0.2) is 4.79 Å². The average Bonchev–Trinajstić information content (AvgIpc) is 2.56. The Morgan fingerprint density at radius 1 is 1.03 bits per heavy atom. The summed E-state index contributed by atoms with van der Waals surface area (Å²) in [4.78, 5) is 10.8. The summed E-state index contributed by atoms with van der Waals surface area (Å²) in [5.74, 6) is -0.823. The number of carboxylic acids is 1. The van der Waals surface area contributed by atoms with E-state index in [1.165, 1.54) is 0 Å². The number of carboxylic acid groups (broad SMARTS) is 1. The zero-order valence-electron chi connectivity index (χ0n) is 19.6. The van der Waals surface area contributed by atoms with Crippen molar-refractivity contribution in [2.75, 3.05) is 6.61 Å². The van der Waals surface area contributed by atoms with Crippen LogP contribution < -0.4 is 4.74 Å². The third-order valence-corrected chi connectivity index (χ3v) is 4.62. The molecule has 0 aliphatic heterocycles. The normalized spacial score (nSPS) is 14.3. The number of allylic oxidation sites excluding steroid dienone is 5. The maximum Gasteiger partial charge on any atom is 0.422 e. The van der Waals surface area contributed by atoms with Crippen molar-refractivity contribution in [2.24, 2.45) is 0 Å². The first-order valence-corrected chi connectivity index (χ1v) is 10.1. The van der Waals surface area contributed by atoms with E-state index in [0.29, 0.717) is 22.3 Å². The molecule has 0 fully saturated rings. The zero-order valence-corrected chi connectivity index (χ0v) is 19.6. The van der Waals surface area contributed by atoms with Crippen LogP contribution in [0.5, 0.6) is 5.75 Å². The number of aliphatic carboxylic acids is 1. The van der Waals surface area contributed by atoms with Crippen LogP contribution in [0, 0.1) is 0 Å². The van der Waals surface area contributed by atoms with Crippen molar-refractivity contribution in [3.8, 4) is 5.75 Å². The first kappa shape index (κ1) is 26.5. The van der Waals surface area contributed by atoms with E-state index in [1.807, 2.05) is 53.7 Å². The van der Waals surface area contributed by atoms with E-state index in [4.69, 9.17) is 9.84 Å². The standard InChI is InChI=1S/C25H33F3O3/c1-16(12-21(29)30)10-9-11-17(2)19-13-18(23(3,4)5)14-20(24(6,7)8)22(19)31-15-25(26,27)28/h9-14H,15H2,1-8H3,(H,29,30). The quantitative estimate of drug-likeness (QED) is 0.377. The third kappa shape index (κ3) is 8.64. The van der Waals surface area contributed by atoms with Crippen LogP contribution in [-0.2, 0) is 15.6 Å². The zero-order chi connectivity index (χ0) is 24.2. The molecule has 0 aromatic heterocycles. The van der Waals surface area contributed by atoms with Crippen molar-refractivity contribution in [3.05, 3.63) is 58.7 Å². The van der Waals surface area contributed by atoms with Gasteiger partial charge in [-0.05, 0) is 47.5 Å². The molecule has 1 aromatic carbocycles. The minimum absolute atomic E-state index is 0.214. The second-order valence-corrected chi connectivity index (χ2v) is 9.74. The van der Waals surface area contributed by atoms with Gasteiger partial charge in [-0.3, -0.25) is 0 Å². The Balaban J connectivity index is 3.67. The second kappa shape index (κ2) is 9.75. The SMILES string of the molecule is CC(C=CC=C(C)c1cc(C(C)(C)C)cc(C(C)(C)C)c1OCC(F)(F)F)=CC(=O)O. The van der Waals surface area contributed by atoms with Crippen molar-refractivity contribution in [3.63, 3.8) is 0 Å². The largest absolute Gasteiger partial charge is 0.483 e. The number of alkyl halides is 3. The third-order valence-electron chi connectivity index (χ3n) is 4.62. The molecule has 3 nitrogen and oxygen atoms in total. The predicted molar refractivity (Wildman–Crippen MR) is 120 cm³/mol. The van der Waals surface area contributed by atoms with Crippen molar-refractivity contribution >= 4 is 11.5 Å². The summed E-state index contributed by atoms with van der Waals surface area (Å²) < 4.78 is 44.2. The molecule has 0 amide bonds. The number of benzene rings is 1. The van der Waals surface area contributed by atoms with Crippen LogP contribution in [0.2, 0.25) is 0 Å². The highest BCUT2D eigenvalue weighted by molar-refractivity contribution is 5.81. The maximum atomic E-state index is 13.0. The molecular formula is C25H33F3O3. The van der Waals surface area contributed by atoms with Gasteiger partial charge in [-0.15, -0.1) is 0 Å². The average molecular weight is 439 g/mol. The van der Waals surface area contributed by atoms with Crippen LogP contribution in [0.3, 0.4) is 0 Å². The fourth-order valence-corrected chi connectivity index (χ4v) is 2.90. The highest BCUT2D eigenvalue weighted by Crippen LogP contribution is 2.41. The number of hydrogen-bond donors (Lipinski definition) is 1. The van der Waals surface area contributed by atoms with Gasteiger partial charge in [-0.2, -0.15) is 13.2 Å². The molecule has 0 bridgehead atoms.